The second kappa shape index (κ2) is 6.50. The average Bonchev–Trinajstić information content (AvgIpc) is 2.26. The lowest BCUT2D eigenvalue weighted by atomic mass is 10.0. The Kier molecular flexibility index (Phi) is 5.56. The highest BCUT2D eigenvalue weighted by Crippen LogP contribution is 2.11. The predicted octanol–water partition coefficient (Wildman–Crippen LogP) is 1.95. The van der Waals surface area contributed by atoms with Crippen molar-refractivity contribution in [1.29, 1.82) is 0 Å². The molecule has 0 aliphatic carbocycles. The minimum Gasteiger partial charge on any atom is -0.261 e. The summed E-state index contributed by atoms with van der Waals surface area (Å²) in [7, 11) is -3.31. The van der Waals surface area contributed by atoms with Crippen LogP contribution in [-0.4, -0.2) is 30.6 Å². The first-order chi connectivity index (χ1) is 8.35. The molecular weight excluding hydrogens is 272 g/mol. The molecule has 0 aromatic carbocycles. The molecule has 0 spiro atoms. The van der Waals surface area contributed by atoms with E-state index >= 15 is 0 Å². The van der Waals surface area contributed by atoms with E-state index in [1.165, 1.54) is 0 Å². The van der Waals surface area contributed by atoms with Gasteiger partial charge in [0.25, 0.3) is 0 Å². The summed E-state index contributed by atoms with van der Waals surface area (Å²) in [5.41, 5.74) is 0.267. The zero-order valence-electron chi connectivity index (χ0n) is 10.7. The summed E-state index contributed by atoms with van der Waals surface area (Å²) in [5, 5.41) is 0. The molecule has 6 heteroatoms. The molecule has 1 rings (SSSR count). The third-order valence-corrected chi connectivity index (χ3v) is 4.30. The Morgan fingerprint density at radius 2 is 2.11 bits per heavy atom. The molecule has 1 N–H and O–H groups in total. The summed E-state index contributed by atoms with van der Waals surface area (Å²) in [5.74, 6) is 0.464. The lowest BCUT2D eigenvalue weighted by Gasteiger charge is -2.24. The van der Waals surface area contributed by atoms with Gasteiger partial charge in [-0.25, -0.2) is 13.1 Å². The summed E-state index contributed by atoms with van der Waals surface area (Å²) in [6.45, 7) is 3.65. The first kappa shape index (κ1) is 15.4. The van der Waals surface area contributed by atoms with E-state index < -0.39 is 15.6 Å². The van der Waals surface area contributed by atoms with Crippen LogP contribution in [0, 0.1) is 0 Å². The van der Waals surface area contributed by atoms with E-state index in [9.17, 15) is 8.42 Å². The molecule has 0 radical (unpaired) electrons. The summed E-state index contributed by atoms with van der Waals surface area (Å²) in [4.78, 5) is 4.10. The Morgan fingerprint density at radius 1 is 1.39 bits per heavy atom. The number of pyridine rings is 1. The van der Waals surface area contributed by atoms with Crippen LogP contribution in [0.15, 0.2) is 24.4 Å². The second-order valence-electron chi connectivity index (χ2n) is 4.81. The highest BCUT2D eigenvalue weighted by Gasteiger charge is 2.23. The van der Waals surface area contributed by atoms with Gasteiger partial charge in [-0.3, -0.25) is 4.98 Å². The SMILES string of the molecule is CC(C)(CCCl)NS(=O)(=O)CCc1ccccn1. The largest absolute Gasteiger partial charge is 0.261 e. The first-order valence-electron chi connectivity index (χ1n) is 5.82. The first-order valence-corrected chi connectivity index (χ1v) is 8.01. The fraction of sp³-hybridized carbons (Fsp3) is 0.583. The Balaban J connectivity index is 2.55. The van der Waals surface area contributed by atoms with Gasteiger partial charge in [0, 0.05) is 29.7 Å². The van der Waals surface area contributed by atoms with E-state index in [0.717, 1.165) is 5.69 Å². The van der Waals surface area contributed by atoms with Crippen molar-refractivity contribution in [3.05, 3.63) is 30.1 Å². The van der Waals surface area contributed by atoms with E-state index in [1.54, 1.807) is 12.3 Å². The molecule has 1 aromatic rings. The third-order valence-electron chi connectivity index (χ3n) is 2.50. The van der Waals surface area contributed by atoms with Crippen LogP contribution < -0.4 is 4.72 Å². The van der Waals surface area contributed by atoms with Crippen molar-refractivity contribution in [3.63, 3.8) is 0 Å². The Labute approximate surface area is 114 Å². The molecular formula is C12H19ClN2O2S. The maximum Gasteiger partial charge on any atom is 0.212 e. The van der Waals surface area contributed by atoms with Gasteiger partial charge in [0.1, 0.15) is 0 Å². The quantitative estimate of drug-likeness (QED) is 0.781. The van der Waals surface area contributed by atoms with Gasteiger partial charge in [-0.1, -0.05) is 6.07 Å². The summed E-state index contributed by atoms with van der Waals surface area (Å²) >= 11 is 5.64. The minimum atomic E-state index is -3.31. The molecule has 1 aromatic heterocycles. The number of halogens is 1. The molecule has 0 bridgehead atoms. The molecule has 0 saturated heterocycles. The molecule has 0 aliphatic heterocycles. The van der Waals surface area contributed by atoms with E-state index in [4.69, 9.17) is 11.6 Å². The molecule has 0 atom stereocenters. The van der Waals surface area contributed by atoms with Crippen molar-refractivity contribution in [2.24, 2.45) is 0 Å². The Morgan fingerprint density at radius 3 is 2.67 bits per heavy atom. The van der Waals surface area contributed by atoms with Crippen LogP contribution in [0.25, 0.3) is 0 Å². The van der Waals surface area contributed by atoms with E-state index in [2.05, 4.69) is 9.71 Å². The highest BCUT2D eigenvalue weighted by molar-refractivity contribution is 7.89. The van der Waals surface area contributed by atoms with Crippen molar-refractivity contribution >= 4 is 21.6 Å². The maximum absolute atomic E-state index is 11.9. The maximum atomic E-state index is 11.9. The van der Waals surface area contributed by atoms with Gasteiger partial charge in [-0.05, 0) is 32.4 Å². The number of sulfonamides is 1. The molecule has 1 heterocycles. The van der Waals surface area contributed by atoms with Crippen LogP contribution >= 0.6 is 11.6 Å². The fourth-order valence-corrected chi connectivity index (χ4v) is 3.54. The van der Waals surface area contributed by atoms with Gasteiger partial charge in [-0.2, -0.15) is 0 Å². The molecule has 102 valence electrons. The number of hydrogen-bond donors (Lipinski definition) is 1. The van der Waals surface area contributed by atoms with Crippen LogP contribution in [0.1, 0.15) is 26.0 Å². The standard InChI is InChI=1S/C12H19ClN2O2S/c1-12(2,7-8-13)15-18(16,17)10-6-11-5-3-4-9-14-11/h3-5,9,15H,6-8,10H2,1-2H3. The number of aromatic nitrogens is 1. The number of rotatable bonds is 7. The van der Waals surface area contributed by atoms with Gasteiger partial charge in [0.05, 0.1) is 5.75 Å². The minimum absolute atomic E-state index is 0.0374. The number of nitrogens with zero attached hydrogens (tertiary/aromatic N) is 1. The molecule has 0 saturated carbocycles. The van der Waals surface area contributed by atoms with Crippen LogP contribution in [0.2, 0.25) is 0 Å². The fourth-order valence-electron chi connectivity index (χ4n) is 1.54. The van der Waals surface area contributed by atoms with Gasteiger partial charge >= 0.3 is 0 Å². The van der Waals surface area contributed by atoms with Crippen molar-refractivity contribution in [1.82, 2.24) is 9.71 Å². The molecule has 0 aliphatic rings. The summed E-state index contributed by atoms with van der Waals surface area (Å²) in [6.07, 6.45) is 2.66. The molecule has 0 fully saturated rings. The normalized spacial score (nSPS) is 12.6. The Hall–Kier alpha value is -0.650. The van der Waals surface area contributed by atoms with Crippen molar-refractivity contribution in [2.45, 2.75) is 32.2 Å². The van der Waals surface area contributed by atoms with Gasteiger partial charge in [0.15, 0.2) is 0 Å². The molecule has 4 nitrogen and oxygen atoms in total. The number of alkyl halides is 1. The summed E-state index contributed by atoms with van der Waals surface area (Å²) < 4.78 is 26.5. The van der Waals surface area contributed by atoms with Gasteiger partial charge in [-0.15, -0.1) is 11.6 Å². The average molecular weight is 291 g/mol. The van der Waals surface area contributed by atoms with E-state index in [1.807, 2.05) is 26.0 Å². The van der Waals surface area contributed by atoms with E-state index in [-0.39, 0.29) is 5.75 Å². The number of hydrogen-bond acceptors (Lipinski definition) is 3. The zero-order valence-corrected chi connectivity index (χ0v) is 12.3. The lowest BCUT2D eigenvalue weighted by molar-refractivity contribution is 0.441. The predicted molar refractivity (Wildman–Crippen MR) is 74.3 cm³/mol. The lowest BCUT2D eigenvalue weighted by Crippen LogP contribution is -2.44. The zero-order chi connectivity index (χ0) is 13.6. The third kappa shape index (κ3) is 5.80. The molecule has 0 unspecified atom stereocenters. The smallest absolute Gasteiger partial charge is 0.212 e. The van der Waals surface area contributed by atoms with E-state index in [0.29, 0.717) is 18.7 Å². The topological polar surface area (TPSA) is 59.1 Å². The molecule has 0 amide bonds. The van der Waals surface area contributed by atoms with Crippen LogP contribution in [0.3, 0.4) is 0 Å². The molecule has 18 heavy (non-hydrogen) atoms. The Bertz CT molecular complexity index is 460. The van der Waals surface area contributed by atoms with Crippen LogP contribution in [0.5, 0.6) is 0 Å². The highest BCUT2D eigenvalue weighted by atomic mass is 35.5. The monoisotopic (exact) mass is 290 g/mol. The van der Waals surface area contributed by atoms with Crippen LogP contribution in [0.4, 0.5) is 0 Å². The number of nitrogens with one attached hydrogen (secondary N) is 1. The number of aryl methyl sites for hydroxylation is 1. The van der Waals surface area contributed by atoms with Crippen molar-refractivity contribution in [3.8, 4) is 0 Å². The van der Waals surface area contributed by atoms with Gasteiger partial charge in [0.2, 0.25) is 10.0 Å². The second-order valence-corrected chi connectivity index (χ2v) is 7.03. The van der Waals surface area contributed by atoms with Gasteiger partial charge < -0.3 is 0 Å². The van der Waals surface area contributed by atoms with Crippen LogP contribution in [-0.2, 0) is 16.4 Å². The van der Waals surface area contributed by atoms with Crippen molar-refractivity contribution < 1.29 is 8.42 Å². The van der Waals surface area contributed by atoms with Crippen molar-refractivity contribution in [2.75, 3.05) is 11.6 Å². The summed E-state index contributed by atoms with van der Waals surface area (Å²) in [6, 6.07) is 5.47.